The van der Waals surface area contributed by atoms with Crippen molar-refractivity contribution in [2.45, 2.75) is 30.9 Å². The van der Waals surface area contributed by atoms with Gasteiger partial charge in [0, 0.05) is 0 Å². The third-order valence-electron chi connectivity index (χ3n) is 2.99. The third-order valence-corrected chi connectivity index (χ3v) is 2.99. The highest BCUT2D eigenvalue weighted by Gasteiger charge is 3.01. The van der Waals surface area contributed by atoms with E-state index in [-0.39, 0.29) is 0 Å². The highest BCUT2D eigenvalue weighted by atomic mass is 19.4. The van der Waals surface area contributed by atoms with Crippen LogP contribution in [0.4, 0.5) is 65.9 Å². The molecule has 17 heteroatoms. The van der Waals surface area contributed by atoms with Crippen molar-refractivity contribution in [2.75, 3.05) is 0 Å². The van der Waals surface area contributed by atoms with Crippen molar-refractivity contribution >= 4 is 5.97 Å². The largest absolute Gasteiger partial charge is 0.549 e. The van der Waals surface area contributed by atoms with Crippen LogP contribution in [0.1, 0.15) is 0 Å². The number of hydrogen-bond donors (Lipinski definition) is 0. The van der Waals surface area contributed by atoms with Crippen LogP contribution in [0.15, 0.2) is 0 Å². The van der Waals surface area contributed by atoms with Crippen molar-refractivity contribution in [3.8, 4) is 0 Å². The molecule has 0 aliphatic rings. The quantitative estimate of drug-likeness (QED) is 0.651. The summed E-state index contributed by atoms with van der Waals surface area (Å²) in [7, 11) is 0. The molecule has 2 nitrogen and oxygen atoms in total. The predicted molar refractivity (Wildman–Crippen MR) is 40.1 cm³/mol. The van der Waals surface area contributed by atoms with Gasteiger partial charge in [-0.3, -0.25) is 0 Å². The van der Waals surface area contributed by atoms with Crippen LogP contribution in [-0.2, 0) is 4.79 Å². The minimum atomic E-state index is -8.80. The lowest BCUT2D eigenvalue weighted by Crippen LogP contribution is -2.80. The van der Waals surface area contributed by atoms with Crippen LogP contribution in [0, 0.1) is 10.8 Å². The molecular formula is C8F15O2-. The molecule has 0 atom stereocenters. The second kappa shape index (κ2) is 5.46. The first kappa shape index (κ1) is 23.4. The fraction of sp³-hybridized carbons (Fsp3) is 0.875. The summed E-state index contributed by atoms with van der Waals surface area (Å²) in [4.78, 5) is 10.3. The van der Waals surface area contributed by atoms with Crippen molar-refractivity contribution in [1.82, 2.24) is 0 Å². The summed E-state index contributed by atoms with van der Waals surface area (Å²) < 4.78 is 188. The fourth-order valence-corrected chi connectivity index (χ4v) is 2.09. The molecule has 0 N–H and O–H groups in total. The summed E-state index contributed by atoms with van der Waals surface area (Å²) in [5, 5.41) is 10.3. The number of carbonyl (C=O) groups excluding carboxylic acids is 1. The number of alkyl halides is 15. The summed E-state index contributed by atoms with van der Waals surface area (Å²) in [6.45, 7) is 0. The molecular weight excluding hydrogens is 413 g/mol. The van der Waals surface area contributed by atoms with Gasteiger partial charge in [0.2, 0.25) is 5.41 Å². The molecule has 0 aliphatic heterocycles. The molecule has 0 heterocycles. The molecule has 0 rings (SSSR count). The summed E-state index contributed by atoms with van der Waals surface area (Å²) in [5.74, 6) is -5.33. The Bertz CT molecular complexity index is 462. The van der Waals surface area contributed by atoms with Gasteiger partial charge in [-0.15, -0.1) is 0 Å². The van der Waals surface area contributed by atoms with Gasteiger partial charge in [0.05, 0.1) is 5.97 Å². The van der Waals surface area contributed by atoms with E-state index in [1.807, 2.05) is 0 Å². The maximum atomic E-state index is 12.6. The zero-order valence-corrected chi connectivity index (χ0v) is 10.5. The van der Waals surface area contributed by atoms with Crippen molar-refractivity contribution in [1.29, 1.82) is 0 Å². The lowest BCUT2D eigenvalue weighted by atomic mass is 9.59. The number of halogens is 15. The van der Waals surface area contributed by atoms with Crippen LogP contribution in [0.25, 0.3) is 0 Å². The van der Waals surface area contributed by atoms with Crippen molar-refractivity contribution < 1.29 is 75.8 Å². The maximum absolute atomic E-state index is 12.6. The lowest BCUT2D eigenvalue weighted by molar-refractivity contribution is -0.525. The third kappa shape index (κ3) is 2.74. The zero-order valence-electron chi connectivity index (χ0n) is 10.5. The first-order valence-corrected chi connectivity index (χ1v) is 4.99. The number of carboxylic acids is 1. The first-order valence-electron chi connectivity index (χ1n) is 4.99. The number of hydrogen-bond acceptors (Lipinski definition) is 2. The highest BCUT2D eigenvalue weighted by Crippen LogP contribution is 2.74. The molecule has 0 saturated heterocycles. The molecule has 0 aliphatic carbocycles. The summed E-state index contributed by atoms with van der Waals surface area (Å²) in [6, 6.07) is 0. The van der Waals surface area contributed by atoms with Crippen LogP contribution in [-0.4, -0.2) is 36.9 Å². The number of aliphatic carboxylic acids is 1. The van der Waals surface area contributed by atoms with E-state index in [0.717, 1.165) is 0 Å². The van der Waals surface area contributed by atoms with Gasteiger partial charge in [-0.2, -0.15) is 65.9 Å². The fourth-order valence-electron chi connectivity index (χ4n) is 2.09. The second-order valence-electron chi connectivity index (χ2n) is 4.28. The number of carboxylic acid groups (broad SMARTS) is 1. The molecule has 25 heavy (non-hydrogen) atoms. The van der Waals surface area contributed by atoms with Gasteiger partial charge in [-0.05, 0) is 0 Å². The summed E-state index contributed by atoms with van der Waals surface area (Å²) in [6.07, 6.45) is -41.9. The van der Waals surface area contributed by atoms with Gasteiger partial charge >= 0.3 is 30.9 Å². The normalized spacial score (nSPS) is 16.1. The minimum absolute atomic E-state index is 5.33. The smallest absolute Gasteiger partial charge is 0.413 e. The van der Waals surface area contributed by atoms with Crippen molar-refractivity contribution in [3.63, 3.8) is 0 Å². The number of carbonyl (C=O) groups is 1. The second-order valence-corrected chi connectivity index (χ2v) is 4.28. The predicted octanol–water partition coefficient (Wildman–Crippen LogP) is 3.52. The van der Waals surface area contributed by atoms with E-state index in [1.165, 1.54) is 0 Å². The number of rotatable bonds is 2. The molecule has 0 unspecified atom stereocenters. The average Bonchev–Trinajstić information content (AvgIpc) is 2.14. The van der Waals surface area contributed by atoms with Gasteiger partial charge in [-0.25, -0.2) is 0 Å². The molecule has 0 spiro atoms. The lowest BCUT2D eigenvalue weighted by Gasteiger charge is -2.52. The van der Waals surface area contributed by atoms with Crippen LogP contribution in [0.3, 0.4) is 0 Å². The Morgan fingerprint density at radius 1 is 0.480 bits per heavy atom. The molecule has 0 bridgehead atoms. The average molecular weight is 413 g/mol. The van der Waals surface area contributed by atoms with Gasteiger partial charge in [-0.1, -0.05) is 0 Å². The van der Waals surface area contributed by atoms with E-state index in [9.17, 15) is 75.8 Å². The molecule has 0 aromatic heterocycles. The molecule has 0 amide bonds. The molecule has 0 aromatic rings. The van der Waals surface area contributed by atoms with E-state index in [1.54, 1.807) is 0 Å². The Morgan fingerprint density at radius 2 is 0.680 bits per heavy atom. The molecule has 0 saturated carbocycles. The molecule has 150 valence electrons. The van der Waals surface area contributed by atoms with Crippen molar-refractivity contribution in [2.24, 2.45) is 10.8 Å². The zero-order chi connectivity index (χ0) is 21.1. The maximum Gasteiger partial charge on any atom is 0.413 e. The van der Waals surface area contributed by atoms with Gasteiger partial charge in [0.25, 0.3) is 5.41 Å². The Morgan fingerprint density at radius 3 is 0.720 bits per heavy atom. The van der Waals surface area contributed by atoms with Gasteiger partial charge in [0.15, 0.2) is 0 Å². The summed E-state index contributed by atoms with van der Waals surface area (Å²) >= 11 is 0. The van der Waals surface area contributed by atoms with Crippen LogP contribution in [0.2, 0.25) is 0 Å². The van der Waals surface area contributed by atoms with E-state index in [2.05, 4.69) is 0 Å². The van der Waals surface area contributed by atoms with Crippen LogP contribution >= 0.6 is 0 Å². The minimum Gasteiger partial charge on any atom is -0.549 e. The van der Waals surface area contributed by atoms with Crippen LogP contribution in [0.5, 0.6) is 0 Å². The van der Waals surface area contributed by atoms with Crippen molar-refractivity contribution in [3.05, 3.63) is 0 Å². The summed E-state index contributed by atoms with van der Waals surface area (Å²) in [5.41, 5.74) is -17.2. The molecule has 0 radical (unpaired) electrons. The SMILES string of the molecule is O=C([O-])C(C(F)(F)F)(C(F)(F)F)C(C(F)(F)F)(C(F)(F)F)C(F)(F)F. The van der Waals surface area contributed by atoms with E-state index >= 15 is 0 Å². The molecule has 0 aromatic carbocycles. The monoisotopic (exact) mass is 413 g/mol. The Hall–Kier alpha value is -1.58. The Labute approximate surface area is 125 Å². The van der Waals surface area contributed by atoms with Gasteiger partial charge < -0.3 is 9.90 Å². The first-order chi connectivity index (χ1) is 10.4. The van der Waals surface area contributed by atoms with E-state index in [4.69, 9.17) is 0 Å². The van der Waals surface area contributed by atoms with E-state index < -0.39 is 47.7 Å². The Balaban J connectivity index is 7.99. The standard InChI is InChI=1S/C8HF15O2/c9-4(10,11)2(1(24)25,5(12,13)14)3(6(15,16)17,7(18,19)20)8(21,22)23/h(H,24,25)/p-1. The topological polar surface area (TPSA) is 40.1 Å². The van der Waals surface area contributed by atoms with E-state index in [0.29, 0.717) is 0 Å². The highest BCUT2D eigenvalue weighted by molar-refractivity contribution is 5.77. The Kier molecular flexibility index (Phi) is 5.11. The van der Waals surface area contributed by atoms with Crippen LogP contribution < -0.4 is 5.11 Å². The van der Waals surface area contributed by atoms with Gasteiger partial charge in [0.1, 0.15) is 0 Å². The molecule has 0 fully saturated rings.